The van der Waals surface area contributed by atoms with Crippen molar-refractivity contribution >= 4 is 10.8 Å². The molecule has 3 aromatic carbocycles. The summed E-state index contributed by atoms with van der Waals surface area (Å²) in [6.45, 7) is 3.07. The van der Waals surface area contributed by atoms with Crippen molar-refractivity contribution in [3.05, 3.63) is 82.9 Å². The van der Waals surface area contributed by atoms with E-state index in [1.165, 1.54) is 33.0 Å². The van der Waals surface area contributed by atoms with Crippen molar-refractivity contribution in [1.29, 1.82) is 0 Å². The molecule has 0 aromatic heterocycles. The molecule has 1 aliphatic heterocycles. The molecular weight excluding hydrogens is 242 g/mol. The van der Waals surface area contributed by atoms with Crippen LogP contribution in [0.25, 0.3) is 10.8 Å². The topological polar surface area (TPSA) is 12.0 Å². The first-order valence-corrected chi connectivity index (χ1v) is 7.13. The standard InChI is InChI=1S/C19H17N/c1-13-8-10-15(11-9-13)19-17-7-3-5-14-4-2-6-16(12-20-19)18(14)17/h2-11,19-20H,12H2,1H3. The zero-order valence-electron chi connectivity index (χ0n) is 11.6. The number of rotatable bonds is 1. The molecule has 1 atom stereocenters. The smallest absolute Gasteiger partial charge is 0.0585 e. The maximum absolute atomic E-state index is 3.67. The van der Waals surface area contributed by atoms with E-state index in [1.54, 1.807) is 0 Å². The average Bonchev–Trinajstić information content (AvgIpc) is 2.49. The molecule has 98 valence electrons. The van der Waals surface area contributed by atoms with Gasteiger partial charge in [0.25, 0.3) is 0 Å². The van der Waals surface area contributed by atoms with Gasteiger partial charge < -0.3 is 5.32 Å². The van der Waals surface area contributed by atoms with Gasteiger partial charge in [-0.3, -0.25) is 0 Å². The maximum atomic E-state index is 3.67. The Labute approximate surface area is 119 Å². The minimum Gasteiger partial charge on any atom is -0.302 e. The van der Waals surface area contributed by atoms with Gasteiger partial charge in [-0.05, 0) is 34.4 Å². The van der Waals surface area contributed by atoms with Gasteiger partial charge in [0, 0.05) is 6.54 Å². The summed E-state index contributed by atoms with van der Waals surface area (Å²) in [5, 5.41) is 6.45. The van der Waals surface area contributed by atoms with Crippen molar-refractivity contribution in [2.75, 3.05) is 0 Å². The van der Waals surface area contributed by atoms with Gasteiger partial charge in [-0.15, -0.1) is 0 Å². The van der Waals surface area contributed by atoms with E-state index in [0.29, 0.717) is 6.04 Å². The molecule has 1 heterocycles. The van der Waals surface area contributed by atoms with Crippen LogP contribution in [0.2, 0.25) is 0 Å². The number of aryl methyl sites for hydroxylation is 1. The van der Waals surface area contributed by atoms with Gasteiger partial charge in [-0.2, -0.15) is 0 Å². The molecule has 0 spiro atoms. The van der Waals surface area contributed by atoms with Crippen molar-refractivity contribution in [2.24, 2.45) is 0 Å². The summed E-state index contributed by atoms with van der Waals surface area (Å²) in [7, 11) is 0. The third-order valence-electron chi connectivity index (χ3n) is 4.24. The number of hydrogen-bond acceptors (Lipinski definition) is 1. The number of benzene rings is 3. The first-order chi connectivity index (χ1) is 9.83. The van der Waals surface area contributed by atoms with E-state index in [-0.39, 0.29) is 0 Å². The van der Waals surface area contributed by atoms with E-state index in [1.807, 2.05) is 0 Å². The molecule has 4 rings (SSSR count). The molecule has 1 heteroatoms. The minimum atomic E-state index is 0.300. The van der Waals surface area contributed by atoms with E-state index in [4.69, 9.17) is 0 Å². The summed E-state index contributed by atoms with van der Waals surface area (Å²) in [4.78, 5) is 0. The quantitative estimate of drug-likeness (QED) is 0.685. The molecule has 1 aliphatic rings. The van der Waals surface area contributed by atoms with Crippen molar-refractivity contribution in [2.45, 2.75) is 19.5 Å². The summed E-state index contributed by atoms with van der Waals surface area (Å²) in [6, 6.07) is 22.4. The van der Waals surface area contributed by atoms with Crippen LogP contribution in [-0.2, 0) is 6.54 Å². The Morgan fingerprint density at radius 1 is 0.900 bits per heavy atom. The molecule has 1 N–H and O–H groups in total. The summed E-state index contributed by atoms with van der Waals surface area (Å²) < 4.78 is 0. The van der Waals surface area contributed by atoms with E-state index in [2.05, 4.69) is 72.9 Å². The Hall–Kier alpha value is -2.12. The Morgan fingerprint density at radius 2 is 1.65 bits per heavy atom. The average molecular weight is 259 g/mol. The summed E-state index contributed by atoms with van der Waals surface area (Å²) in [5.41, 5.74) is 5.45. The molecule has 0 saturated carbocycles. The predicted octanol–water partition coefficient (Wildman–Crippen LogP) is 4.34. The molecule has 0 radical (unpaired) electrons. The van der Waals surface area contributed by atoms with Crippen LogP contribution in [0.1, 0.15) is 28.3 Å². The Balaban J connectivity index is 1.93. The third-order valence-corrected chi connectivity index (χ3v) is 4.24. The molecule has 1 nitrogen and oxygen atoms in total. The molecule has 3 aromatic rings. The number of hydrogen-bond donors (Lipinski definition) is 1. The maximum Gasteiger partial charge on any atom is 0.0585 e. The van der Waals surface area contributed by atoms with Gasteiger partial charge in [0.2, 0.25) is 0 Å². The van der Waals surface area contributed by atoms with Gasteiger partial charge in [0.15, 0.2) is 0 Å². The normalized spacial score (nSPS) is 17.4. The highest BCUT2D eigenvalue weighted by atomic mass is 14.9. The fourth-order valence-electron chi connectivity index (χ4n) is 3.22. The molecule has 0 bridgehead atoms. The van der Waals surface area contributed by atoms with Crippen LogP contribution < -0.4 is 5.32 Å². The van der Waals surface area contributed by atoms with Crippen molar-refractivity contribution in [3.8, 4) is 0 Å². The van der Waals surface area contributed by atoms with E-state index in [0.717, 1.165) is 6.54 Å². The molecule has 0 amide bonds. The highest BCUT2D eigenvalue weighted by Crippen LogP contribution is 2.34. The van der Waals surface area contributed by atoms with Crippen LogP contribution in [0.5, 0.6) is 0 Å². The molecule has 0 fully saturated rings. The highest BCUT2D eigenvalue weighted by Gasteiger charge is 2.21. The van der Waals surface area contributed by atoms with Crippen molar-refractivity contribution in [1.82, 2.24) is 5.32 Å². The summed E-state index contributed by atoms with van der Waals surface area (Å²) in [6.07, 6.45) is 0. The van der Waals surface area contributed by atoms with Crippen LogP contribution in [-0.4, -0.2) is 0 Å². The Bertz CT molecular complexity index is 766. The van der Waals surface area contributed by atoms with Crippen molar-refractivity contribution < 1.29 is 0 Å². The highest BCUT2D eigenvalue weighted by molar-refractivity contribution is 5.90. The largest absolute Gasteiger partial charge is 0.302 e. The molecule has 0 saturated heterocycles. The second-order valence-corrected chi connectivity index (χ2v) is 5.59. The van der Waals surface area contributed by atoms with Crippen LogP contribution in [0.3, 0.4) is 0 Å². The zero-order valence-corrected chi connectivity index (χ0v) is 11.6. The van der Waals surface area contributed by atoms with E-state index >= 15 is 0 Å². The molecule has 0 aliphatic carbocycles. The molecular formula is C19H17N. The van der Waals surface area contributed by atoms with Crippen LogP contribution in [0, 0.1) is 6.92 Å². The monoisotopic (exact) mass is 259 g/mol. The Morgan fingerprint density at radius 3 is 2.45 bits per heavy atom. The first kappa shape index (κ1) is 11.7. The Kier molecular flexibility index (Phi) is 2.61. The third kappa shape index (κ3) is 1.75. The molecule has 20 heavy (non-hydrogen) atoms. The van der Waals surface area contributed by atoms with Crippen LogP contribution in [0.15, 0.2) is 60.7 Å². The van der Waals surface area contributed by atoms with Crippen LogP contribution in [0.4, 0.5) is 0 Å². The van der Waals surface area contributed by atoms with E-state index < -0.39 is 0 Å². The summed E-state index contributed by atoms with van der Waals surface area (Å²) >= 11 is 0. The lowest BCUT2D eigenvalue weighted by atomic mass is 9.88. The van der Waals surface area contributed by atoms with Gasteiger partial charge >= 0.3 is 0 Å². The van der Waals surface area contributed by atoms with Gasteiger partial charge in [0.05, 0.1) is 6.04 Å². The number of nitrogens with one attached hydrogen (secondary N) is 1. The summed E-state index contributed by atoms with van der Waals surface area (Å²) in [5.74, 6) is 0. The van der Waals surface area contributed by atoms with E-state index in [9.17, 15) is 0 Å². The van der Waals surface area contributed by atoms with Gasteiger partial charge in [0.1, 0.15) is 0 Å². The predicted molar refractivity (Wildman–Crippen MR) is 83.8 cm³/mol. The minimum absolute atomic E-state index is 0.300. The fourth-order valence-corrected chi connectivity index (χ4v) is 3.22. The second kappa shape index (κ2) is 4.46. The lowest BCUT2D eigenvalue weighted by Crippen LogP contribution is -2.26. The lowest BCUT2D eigenvalue weighted by molar-refractivity contribution is 0.596. The SMILES string of the molecule is Cc1ccc(C2NCc3cccc4cccc2c34)cc1. The lowest BCUT2D eigenvalue weighted by Gasteiger charge is -2.27. The second-order valence-electron chi connectivity index (χ2n) is 5.59. The van der Waals surface area contributed by atoms with Gasteiger partial charge in [-0.1, -0.05) is 66.2 Å². The molecule has 1 unspecified atom stereocenters. The fraction of sp³-hybridized carbons (Fsp3) is 0.158. The van der Waals surface area contributed by atoms with Gasteiger partial charge in [-0.25, -0.2) is 0 Å². The zero-order chi connectivity index (χ0) is 13.5. The first-order valence-electron chi connectivity index (χ1n) is 7.13. The van der Waals surface area contributed by atoms with Crippen molar-refractivity contribution in [3.63, 3.8) is 0 Å². The van der Waals surface area contributed by atoms with Crippen LogP contribution >= 0.6 is 0 Å².